The van der Waals surface area contributed by atoms with E-state index in [1.807, 2.05) is 13.0 Å². The van der Waals surface area contributed by atoms with Crippen LogP contribution in [0.15, 0.2) is 30.3 Å². The SMILES string of the molecule is CCC(=O)NCCCCc1ccccc1. The number of carbonyl (C=O) groups excluding carboxylic acids is 1. The molecule has 0 aliphatic rings. The number of nitrogens with one attached hydrogen (secondary N) is 1. The molecule has 0 radical (unpaired) electrons. The van der Waals surface area contributed by atoms with E-state index in [1.54, 1.807) is 0 Å². The van der Waals surface area contributed by atoms with E-state index < -0.39 is 0 Å². The fourth-order valence-corrected chi connectivity index (χ4v) is 1.45. The number of carbonyl (C=O) groups is 1. The Labute approximate surface area is 91.7 Å². The lowest BCUT2D eigenvalue weighted by Gasteiger charge is -2.03. The van der Waals surface area contributed by atoms with Crippen LogP contribution in [-0.2, 0) is 11.2 Å². The summed E-state index contributed by atoms with van der Waals surface area (Å²) in [6.07, 6.45) is 3.87. The van der Waals surface area contributed by atoms with E-state index in [2.05, 4.69) is 29.6 Å². The van der Waals surface area contributed by atoms with Gasteiger partial charge in [0.1, 0.15) is 0 Å². The van der Waals surface area contributed by atoms with Crippen molar-refractivity contribution >= 4 is 5.91 Å². The molecule has 82 valence electrons. The Morgan fingerprint density at radius 3 is 2.60 bits per heavy atom. The molecule has 0 heterocycles. The third kappa shape index (κ3) is 5.21. The Morgan fingerprint density at radius 2 is 1.93 bits per heavy atom. The van der Waals surface area contributed by atoms with Crippen molar-refractivity contribution in [2.24, 2.45) is 0 Å². The second-order valence-electron chi connectivity index (χ2n) is 3.65. The van der Waals surface area contributed by atoms with Crippen LogP contribution in [0.2, 0.25) is 0 Å². The highest BCUT2D eigenvalue weighted by Gasteiger charge is 1.95. The van der Waals surface area contributed by atoms with Crippen LogP contribution < -0.4 is 5.32 Å². The highest BCUT2D eigenvalue weighted by Crippen LogP contribution is 2.03. The van der Waals surface area contributed by atoms with Crippen molar-refractivity contribution in [3.05, 3.63) is 35.9 Å². The molecular formula is C13H19NO. The molecule has 1 N–H and O–H groups in total. The van der Waals surface area contributed by atoms with Crippen molar-refractivity contribution in [1.29, 1.82) is 0 Å². The standard InChI is InChI=1S/C13H19NO/c1-2-13(15)14-11-7-6-10-12-8-4-3-5-9-12/h3-5,8-9H,2,6-7,10-11H2,1H3,(H,14,15). The van der Waals surface area contributed by atoms with Gasteiger partial charge in [-0.2, -0.15) is 0 Å². The third-order valence-electron chi connectivity index (χ3n) is 2.38. The number of benzene rings is 1. The average Bonchev–Trinajstić information content (AvgIpc) is 2.29. The molecule has 0 fully saturated rings. The van der Waals surface area contributed by atoms with E-state index in [1.165, 1.54) is 5.56 Å². The molecule has 0 saturated heterocycles. The molecule has 0 atom stereocenters. The number of hydrogen-bond donors (Lipinski definition) is 1. The van der Waals surface area contributed by atoms with E-state index >= 15 is 0 Å². The Kier molecular flexibility index (Phi) is 5.52. The fraction of sp³-hybridized carbons (Fsp3) is 0.462. The first-order valence-electron chi connectivity index (χ1n) is 5.63. The van der Waals surface area contributed by atoms with Gasteiger partial charge >= 0.3 is 0 Å². The van der Waals surface area contributed by atoms with Crippen molar-refractivity contribution in [2.75, 3.05) is 6.54 Å². The molecule has 0 aromatic heterocycles. The maximum absolute atomic E-state index is 10.9. The molecule has 1 aromatic carbocycles. The van der Waals surface area contributed by atoms with Gasteiger partial charge in [0.15, 0.2) is 0 Å². The van der Waals surface area contributed by atoms with Crippen LogP contribution in [0.4, 0.5) is 0 Å². The van der Waals surface area contributed by atoms with Gasteiger partial charge in [-0.05, 0) is 24.8 Å². The van der Waals surface area contributed by atoms with Crippen LogP contribution in [0.3, 0.4) is 0 Å². The minimum atomic E-state index is 0.148. The minimum Gasteiger partial charge on any atom is -0.356 e. The molecule has 1 rings (SSSR count). The summed E-state index contributed by atoms with van der Waals surface area (Å²) < 4.78 is 0. The van der Waals surface area contributed by atoms with Crippen LogP contribution >= 0.6 is 0 Å². The molecule has 0 saturated carbocycles. The van der Waals surface area contributed by atoms with E-state index in [-0.39, 0.29) is 5.91 Å². The van der Waals surface area contributed by atoms with Crippen LogP contribution in [-0.4, -0.2) is 12.5 Å². The molecule has 0 aliphatic heterocycles. The number of amides is 1. The van der Waals surface area contributed by atoms with E-state index in [0.29, 0.717) is 6.42 Å². The monoisotopic (exact) mass is 205 g/mol. The van der Waals surface area contributed by atoms with Crippen LogP contribution in [0.25, 0.3) is 0 Å². The van der Waals surface area contributed by atoms with Crippen molar-refractivity contribution in [1.82, 2.24) is 5.32 Å². The quantitative estimate of drug-likeness (QED) is 0.710. The summed E-state index contributed by atoms with van der Waals surface area (Å²) in [5.74, 6) is 0.148. The molecule has 1 aromatic rings. The normalized spacial score (nSPS) is 9.93. The first kappa shape index (κ1) is 11.8. The van der Waals surface area contributed by atoms with E-state index in [9.17, 15) is 4.79 Å². The van der Waals surface area contributed by atoms with Crippen LogP contribution in [0, 0.1) is 0 Å². The summed E-state index contributed by atoms with van der Waals surface area (Å²) in [6, 6.07) is 10.4. The molecule has 0 unspecified atom stereocenters. The largest absolute Gasteiger partial charge is 0.356 e. The van der Waals surface area contributed by atoms with Gasteiger partial charge in [0, 0.05) is 13.0 Å². The molecule has 15 heavy (non-hydrogen) atoms. The molecular weight excluding hydrogens is 186 g/mol. The van der Waals surface area contributed by atoms with Gasteiger partial charge in [-0.25, -0.2) is 0 Å². The molecule has 2 nitrogen and oxygen atoms in total. The number of hydrogen-bond acceptors (Lipinski definition) is 1. The Morgan fingerprint density at radius 1 is 1.20 bits per heavy atom. The summed E-state index contributed by atoms with van der Waals surface area (Å²) in [5, 5.41) is 2.88. The number of aryl methyl sites for hydroxylation is 1. The molecule has 0 bridgehead atoms. The fourth-order valence-electron chi connectivity index (χ4n) is 1.45. The first-order valence-corrected chi connectivity index (χ1v) is 5.63. The van der Waals surface area contributed by atoms with Crippen LogP contribution in [0.5, 0.6) is 0 Å². The van der Waals surface area contributed by atoms with Crippen molar-refractivity contribution in [2.45, 2.75) is 32.6 Å². The van der Waals surface area contributed by atoms with Crippen molar-refractivity contribution in [3.8, 4) is 0 Å². The molecule has 1 amide bonds. The lowest BCUT2D eigenvalue weighted by Crippen LogP contribution is -2.23. The zero-order chi connectivity index (χ0) is 10.9. The van der Waals surface area contributed by atoms with Gasteiger partial charge in [0.05, 0.1) is 0 Å². The molecule has 0 aliphatic carbocycles. The summed E-state index contributed by atoms with van der Waals surface area (Å²) in [6.45, 7) is 2.68. The number of rotatable bonds is 6. The first-order chi connectivity index (χ1) is 7.33. The minimum absolute atomic E-state index is 0.148. The highest BCUT2D eigenvalue weighted by molar-refractivity contribution is 5.75. The zero-order valence-electron chi connectivity index (χ0n) is 9.33. The molecule has 2 heteroatoms. The number of unbranched alkanes of at least 4 members (excludes halogenated alkanes) is 1. The van der Waals surface area contributed by atoms with Gasteiger partial charge < -0.3 is 5.32 Å². The van der Waals surface area contributed by atoms with Gasteiger partial charge in [-0.3, -0.25) is 4.79 Å². The Hall–Kier alpha value is -1.31. The predicted octanol–water partition coefficient (Wildman–Crippen LogP) is 2.54. The Balaban J connectivity index is 2.05. The Bertz CT molecular complexity index is 282. The smallest absolute Gasteiger partial charge is 0.219 e. The van der Waals surface area contributed by atoms with Gasteiger partial charge in [0.25, 0.3) is 0 Å². The average molecular weight is 205 g/mol. The van der Waals surface area contributed by atoms with Crippen molar-refractivity contribution < 1.29 is 4.79 Å². The topological polar surface area (TPSA) is 29.1 Å². The van der Waals surface area contributed by atoms with E-state index in [4.69, 9.17) is 0 Å². The lowest BCUT2D eigenvalue weighted by molar-refractivity contribution is -0.120. The predicted molar refractivity (Wildman–Crippen MR) is 62.7 cm³/mol. The van der Waals surface area contributed by atoms with Gasteiger partial charge in [-0.1, -0.05) is 37.3 Å². The van der Waals surface area contributed by atoms with Gasteiger partial charge in [0.2, 0.25) is 5.91 Å². The lowest BCUT2D eigenvalue weighted by atomic mass is 10.1. The zero-order valence-corrected chi connectivity index (χ0v) is 9.33. The second-order valence-corrected chi connectivity index (χ2v) is 3.65. The van der Waals surface area contributed by atoms with Crippen LogP contribution in [0.1, 0.15) is 31.7 Å². The second kappa shape index (κ2) is 7.04. The summed E-state index contributed by atoms with van der Waals surface area (Å²) in [7, 11) is 0. The maximum Gasteiger partial charge on any atom is 0.219 e. The van der Waals surface area contributed by atoms with Crippen molar-refractivity contribution in [3.63, 3.8) is 0 Å². The van der Waals surface area contributed by atoms with Gasteiger partial charge in [-0.15, -0.1) is 0 Å². The highest BCUT2D eigenvalue weighted by atomic mass is 16.1. The summed E-state index contributed by atoms with van der Waals surface area (Å²) in [4.78, 5) is 10.9. The molecule has 0 spiro atoms. The third-order valence-corrected chi connectivity index (χ3v) is 2.38. The summed E-state index contributed by atoms with van der Waals surface area (Å²) >= 11 is 0. The maximum atomic E-state index is 10.9. The summed E-state index contributed by atoms with van der Waals surface area (Å²) in [5.41, 5.74) is 1.37. The van der Waals surface area contributed by atoms with E-state index in [0.717, 1.165) is 25.8 Å².